The molecule has 1 aromatic rings. The minimum atomic E-state index is -0.273. The van der Waals surface area contributed by atoms with Crippen LogP contribution in [0.3, 0.4) is 0 Å². The third kappa shape index (κ3) is 3.10. The highest BCUT2D eigenvalue weighted by molar-refractivity contribution is 9.10. The molecule has 2 fully saturated rings. The molecule has 1 aromatic heterocycles. The third-order valence-electron chi connectivity index (χ3n) is 4.68. The molecule has 1 N–H and O–H groups in total. The Labute approximate surface area is 140 Å². The van der Waals surface area contributed by atoms with Crippen molar-refractivity contribution in [2.45, 2.75) is 63.9 Å². The summed E-state index contributed by atoms with van der Waals surface area (Å²) in [4.78, 5) is 8.26. The van der Waals surface area contributed by atoms with E-state index in [-0.39, 0.29) is 5.60 Å². The lowest BCUT2D eigenvalue weighted by atomic mass is 9.78. The molecule has 0 radical (unpaired) electrons. The predicted octanol–water partition coefficient (Wildman–Crippen LogP) is 5.22. The first-order chi connectivity index (χ1) is 10.1. The highest BCUT2D eigenvalue weighted by atomic mass is 79.9. The van der Waals surface area contributed by atoms with Gasteiger partial charge < -0.3 is 9.72 Å². The molecule has 21 heavy (non-hydrogen) atoms. The second kappa shape index (κ2) is 6.09. The van der Waals surface area contributed by atoms with Crippen LogP contribution in [0.1, 0.15) is 69.8 Å². The standard InChI is InChI=1S/C16H23BrN2OS/c1-3-20-16(8-4-5-10(2)9-16)15-18-13(11-6-7-11)12(17)14(21)19-15/h10-11H,3-9H2,1-2H3,(H,18,19,21). The summed E-state index contributed by atoms with van der Waals surface area (Å²) >= 11 is 9.08. The van der Waals surface area contributed by atoms with Crippen LogP contribution in [-0.2, 0) is 10.3 Å². The maximum Gasteiger partial charge on any atom is 0.144 e. The van der Waals surface area contributed by atoms with Gasteiger partial charge in [-0.1, -0.05) is 25.6 Å². The Balaban J connectivity index is 2.05. The van der Waals surface area contributed by atoms with Crippen molar-refractivity contribution in [1.82, 2.24) is 9.97 Å². The van der Waals surface area contributed by atoms with Gasteiger partial charge in [-0.05, 0) is 60.9 Å². The van der Waals surface area contributed by atoms with Crippen molar-refractivity contribution in [3.63, 3.8) is 0 Å². The number of H-pyrrole nitrogens is 1. The van der Waals surface area contributed by atoms with E-state index in [4.69, 9.17) is 17.0 Å². The van der Waals surface area contributed by atoms with Crippen molar-refractivity contribution in [1.29, 1.82) is 0 Å². The second-order valence-corrected chi connectivity index (χ2v) is 7.70. The maximum absolute atomic E-state index is 6.22. The van der Waals surface area contributed by atoms with E-state index >= 15 is 0 Å². The van der Waals surface area contributed by atoms with Gasteiger partial charge in [0.2, 0.25) is 0 Å². The van der Waals surface area contributed by atoms with Crippen molar-refractivity contribution < 1.29 is 4.74 Å². The molecule has 2 atom stereocenters. The van der Waals surface area contributed by atoms with Gasteiger partial charge >= 0.3 is 0 Å². The van der Waals surface area contributed by atoms with Gasteiger partial charge in [0.1, 0.15) is 16.1 Å². The van der Waals surface area contributed by atoms with Crippen LogP contribution in [0.5, 0.6) is 0 Å². The zero-order valence-electron chi connectivity index (χ0n) is 12.7. The van der Waals surface area contributed by atoms with Crippen LogP contribution in [0.2, 0.25) is 0 Å². The zero-order valence-corrected chi connectivity index (χ0v) is 15.1. The number of rotatable bonds is 4. The fourth-order valence-corrected chi connectivity index (χ4v) is 4.25. The smallest absolute Gasteiger partial charge is 0.144 e. The molecule has 2 aliphatic rings. The van der Waals surface area contributed by atoms with E-state index in [1.807, 2.05) is 0 Å². The Morgan fingerprint density at radius 2 is 2.19 bits per heavy atom. The molecule has 0 amide bonds. The monoisotopic (exact) mass is 370 g/mol. The summed E-state index contributed by atoms with van der Waals surface area (Å²) in [5, 5.41) is 0. The molecule has 1 heterocycles. The van der Waals surface area contributed by atoms with Crippen LogP contribution in [0, 0.1) is 10.6 Å². The summed E-state index contributed by atoms with van der Waals surface area (Å²) in [5.41, 5.74) is 0.951. The van der Waals surface area contributed by atoms with Crippen LogP contribution in [0.15, 0.2) is 4.47 Å². The molecule has 0 aromatic carbocycles. The number of aromatic amines is 1. The normalized spacial score (nSPS) is 29.6. The topological polar surface area (TPSA) is 37.9 Å². The van der Waals surface area contributed by atoms with Gasteiger partial charge in [0.25, 0.3) is 0 Å². The molecule has 3 rings (SSSR count). The van der Waals surface area contributed by atoms with Gasteiger partial charge in [0.05, 0.1) is 4.47 Å². The maximum atomic E-state index is 6.22. The third-order valence-corrected chi connectivity index (χ3v) is 6.04. The first-order valence-electron chi connectivity index (χ1n) is 8.00. The molecule has 5 heteroatoms. The van der Waals surface area contributed by atoms with Crippen molar-refractivity contribution in [3.05, 3.63) is 20.6 Å². The highest BCUT2D eigenvalue weighted by Gasteiger charge is 2.40. The summed E-state index contributed by atoms with van der Waals surface area (Å²) in [7, 11) is 0. The van der Waals surface area contributed by atoms with Gasteiger partial charge in [-0.2, -0.15) is 0 Å². The summed E-state index contributed by atoms with van der Waals surface area (Å²) in [6.07, 6.45) is 7.02. The fraction of sp³-hybridized carbons (Fsp3) is 0.750. The van der Waals surface area contributed by atoms with E-state index in [0.717, 1.165) is 23.1 Å². The number of halogens is 1. The number of ether oxygens (including phenoxy) is 1. The van der Waals surface area contributed by atoms with Gasteiger partial charge in [-0.15, -0.1) is 0 Å². The van der Waals surface area contributed by atoms with Crippen LogP contribution in [0.25, 0.3) is 0 Å². The molecule has 116 valence electrons. The first-order valence-corrected chi connectivity index (χ1v) is 9.20. The fourth-order valence-electron chi connectivity index (χ4n) is 3.54. The van der Waals surface area contributed by atoms with E-state index in [1.54, 1.807) is 0 Å². The highest BCUT2D eigenvalue weighted by Crippen LogP contribution is 2.45. The van der Waals surface area contributed by atoms with Gasteiger partial charge in [0, 0.05) is 18.2 Å². The number of hydrogen-bond acceptors (Lipinski definition) is 3. The van der Waals surface area contributed by atoms with E-state index in [0.29, 0.717) is 23.1 Å². The zero-order chi connectivity index (χ0) is 15.0. The minimum Gasteiger partial charge on any atom is -0.367 e. The molecule has 3 nitrogen and oxygen atoms in total. The number of nitrogens with zero attached hydrogens (tertiary/aromatic N) is 1. The van der Waals surface area contributed by atoms with Crippen molar-refractivity contribution in [2.24, 2.45) is 5.92 Å². The molecule has 0 spiro atoms. The van der Waals surface area contributed by atoms with Gasteiger partial charge in [0.15, 0.2) is 0 Å². The molecule has 2 aliphatic carbocycles. The van der Waals surface area contributed by atoms with E-state index in [9.17, 15) is 0 Å². The minimum absolute atomic E-state index is 0.273. The molecule has 0 aliphatic heterocycles. The second-order valence-electron chi connectivity index (χ2n) is 6.52. The Hall–Kier alpha value is -0.260. The summed E-state index contributed by atoms with van der Waals surface area (Å²) in [6, 6.07) is 0. The summed E-state index contributed by atoms with van der Waals surface area (Å²) in [6.45, 7) is 5.09. The molecule has 2 saturated carbocycles. The van der Waals surface area contributed by atoms with Gasteiger partial charge in [-0.3, -0.25) is 0 Å². The molecule has 0 bridgehead atoms. The average Bonchev–Trinajstić information content (AvgIpc) is 3.26. The van der Waals surface area contributed by atoms with Crippen LogP contribution < -0.4 is 0 Å². The summed E-state index contributed by atoms with van der Waals surface area (Å²) < 4.78 is 7.86. The Kier molecular flexibility index (Phi) is 4.53. The van der Waals surface area contributed by atoms with E-state index < -0.39 is 0 Å². The van der Waals surface area contributed by atoms with Crippen molar-refractivity contribution >= 4 is 28.1 Å². The predicted molar refractivity (Wildman–Crippen MR) is 90.0 cm³/mol. The van der Waals surface area contributed by atoms with E-state index in [1.165, 1.54) is 31.4 Å². The average molecular weight is 371 g/mol. The quantitative estimate of drug-likeness (QED) is 0.738. The Bertz CT molecular complexity index is 580. The first kappa shape index (κ1) is 15.6. The number of hydrogen-bond donors (Lipinski definition) is 1. The van der Waals surface area contributed by atoms with Crippen LogP contribution >= 0.6 is 28.1 Å². The Morgan fingerprint density at radius 1 is 1.43 bits per heavy atom. The van der Waals surface area contributed by atoms with E-state index in [2.05, 4.69) is 39.7 Å². The Morgan fingerprint density at radius 3 is 2.81 bits per heavy atom. The molecular formula is C16H23BrN2OS. The lowest BCUT2D eigenvalue weighted by Crippen LogP contribution is -2.37. The van der Waals surface area contributed by atoms with Crippen LogP contribution in [0.4, 0.5) is 0 Å². The van der Waals surface area contributed by atoms with Crippen molar-refractivity contribution in [2.75, 3.05) is 6.61 Å². The lowest BCUT2D eigenvalue weighted by Gasteiger charge is -2.39. The molecule has 0 saturated heterocycles. The SMILES string of the molecule is CCOC1(c2nc(=S)c(Br)c(C3CC3)[nH]2)CCCC(C)C1. The largest absolute Gasteiger partial charge is 0.367 e. The molecule has 2 unspecified atom stereocenters. The van der Waals surface area contributed by atoms with Crippen LogP contribution in [-0.4, -0.2) is 16.6 Å². The molecular weight excluding hydrogens is 348 g/mol. The number of nitrogens with one attached hydrogen (secondary N) is 1. The van der Waals surface area contributed by atoms with Gasteiger partial charge in [-0.25, -0.2) is 4.98 Å². The lowest BCUT2D eigenvalue weighted by molar-refractivity contribution is -0.0883. The van der Waals surface area contributed by atoms with Crippen molar-refractivity contribution in [3.8, 4) is 0 Å². The number of aromatic nitrogens is 2. The summed E-state index contributed by atoms with van der Waals surface area (Å²) in [5.74, 6) is 2.23.